The summed E-state index contributed by atoms with van der Waals surface area (Å²) >= 11 is 0. The van der Waals surface area contributed by atoms with Crippen molar-refractivity contribution in [3.05, 3.63) is 58.7 Å². The normalized spacial score (nSPS) is 11.0. The summed E-state index contributed by atoms with van der Waals surface area (Å²) in [6.07, 6.45) is -4.52. The van der Waals surface area contributed by atoms with Crippen molar-refractivity contribution in [1.82, 2.24) is 0 Å². The Morgan fingerprint density at radius 3 is 2.14 bits per heavy atom. The molecular weight excluding hydrogens is 277 g/mol. The lowest BCUT2D eigenvalue weighted by Gasteiger charge is -2.12. The topological polar surface area (TPSA) is 35.8 Å². The van der Waals surface area contributed by atoms with Gasteiger partial charge in [0, 0.05) is 11.4 Å². The molecule has 2 aromatic carbocycles. The summed E-state index contributed by atoms with van der Waals surface area (Å²) in [5, 5.41) is 11.9. The van der Waals surface area contributed by atoms with Gasteiger partial charge in [0.05, 0.1) is 17.2 Å². The number of anilines is 2. The molecule has 0 aliphatic carbocycles. The molecule has 0 saturated heterocycles. The third kappa shape index (κ3) is 3.34. The SMILES string of the molecule is Cc1ccc(Nc2ccc(C(F)(F)F)c(C#N)c2)cc1C. The van der Waals surface area contributed by atoms with Gasteiger partial charge in [-0.25, -0.2) is 0 Å². The molecule has 2 nitrogen and oxygen atoms in total. The maximum atomic E-state index is 12.7. The highest BCUT2D eigenvalue weighted by Gasteiger charge is 2.33. The number of halogens is 3. The van der Waals surface area contributed by atoms with E-state index in [-0.39, 0.29) is 0 Å². The molecule has 2 rings (SSSR count). The van der Waals surface area contributed by atoms with Gasteiger partial charge in [-0.2, -0.15) is 18.4 Å². The van der Waals surface area contributed by atoms with Crippen LogP contribution in [0.5, 0.6) is 0 Å². The van der Waals surface area contributed by atoms with E-state index < -0.39 is 17.3 Å². The molecule has 0 amide bonds. The average Bonchev–Trinajstić information content (AvgIpc) is 2.41. The van der Waals surface area contributed by atoms with Crippen LogP contribution in [0.3, 0.4) is 0 Å². The Morgan fingerprint density at radius 1 is 0.952 bits per heavy atom. The molecule has 21 heavy (non-hydrogen) atoms. The molecule has 0 spiro atoms. The molecule has 0 aromatic heterocycles. The van der Waals surface area contributed by atoms with E-state index in [1.807, 2.05) is 32.0 Å². The van der Waals surface area contributed by atoms with Gasteiger partial charge in [-0.15, -0.1) is 0 Å². The largest absolute Gasteiger partial charge is 0.417 e. The second kappa shape index (κ2) is 5.49. The highest BCUT2D eigenvalue weighted by molar-refractivity contribution is 5.63. The molecule has 0 unspecified atom stereocenters. The van der Waals surface area contributed by atoms with Crippen molar-refractivity contribution >= 4 is 11.4 Å². The Balaban J connectivity index is 2.34. The summed E-state index contributed by atoms with van der Waals surface area (Å²) in [4.78, 5) is 0. The molecule has 0 bridgehead atoms. The van der Waals surface area contributed by atoms with E-state index >= 15 is 0 Å². The molecule has 2 aromatic rings. The minimum absolute atomic E-state index is 0.392. The lowest BCUT2D eigenvalue weighted by atomic mass is 10.1. The third-order valence-electron chi connectivity index (χ3n) is 3.24. The van der Waals surface area contributed by atoms with Gasteiger partial charge < -0.3 is 5.32 Å². The van der Waals surface area contributed by atoms with Gasteiger partial charge in [0.15, 0.2) is 0 Å². The van der Waals surface area contributed by atoms with E-state index in [0.717, 1.165) is 22.9 Å². The quantitative estimate of drug-likeness (QED) is 0.850. The van der Waals surface area contributed by atoms with Crippen LogP contribution in [0.25, 0.3) is 0 Å². The smallest absolute Gasteiger partial charge is 0.355 e. The van der Waals surface area contributed by atoms with Crippen LogP contribution in [0.1, 0.15) is 22.3 Å². The first-order chi connectivity index (χ1) is 9.81. The van der Waals surface area contributed by atoms with Gasteiger partial charge in [0.1, 0.15) is 0 Å². The molecule has 0 radical (unpaired) electrons. The minimum atomic E-state index is -4.52. The Bertz CT molecular complexity index is 712. The number of rotatable bonds is 2. The summed E-state index contributed by atoms with van der Waals surface area (Å²) in [6.45, 7) is 3.93. The van der Waals surface area contributed by atoms with Crippen LogP contribution in [-0.4, -0.2) is 0 Å². The van der Waals surface area contributed by atoms with Gasteiger partial charge in [0.25, 0.3) is 0 Å². The van der Waals surface area contributed by atoms with Gasteiger partial charge >= 0.3 is 6.18 Å². The van der Waals surface area contributed by atoms with Crippen LogP contribution < -0.4 is 5.32 Å². The lowest BCUT2D eigenvalue weighted by molar-refractivity contribution is -0.137. The second-order valence-corrected chi connectivity index (χ2v) is 4.79. The molecule has 0 saturated carbocycles. The molecule has 0 atom stereocenters. The number of alkyl halides is 3. The third-order valence-corrected chi connectivity index (χ3v) is 3.24. The highest BCUT2D eigenvalue weighted by Crippen LogP contribution is 2.33. The predicted molar refractivity (Wildman–Crippen MR) is 75.4 cm³/mol. The van der Waals surface area contributed by atoms with Crippen LogP contribution in [0.4, 0.5) is 24.5 Å². The maximum Gasteiger partial charge on any atom is 0.417 e. The lowest BCUT2D eigenvalue weighted by Crippen LogP contribution is -2.08. The minimum Gasteiger partial charge on any atom is -0.355 e. The zero-order valence-electron chi connectivity index (χ0n) is 11.5. The standard InChI is InChI=1S/C16H13F3N2/c1-10-3-4-13(7-11(10)2)21-14-5-6-15(16(17,18)19)12(8-14)9-20/h3-8,21H,1-2H3. The fourth-order valence-corrected chi connectivity index (χ4v) is 1.95. The molecule has 1 N–H and O–H groups in total. The van der Waals surface area contributed by atoms with E-state index in [2.05, 4.69) is 5.32 Å². The van der Waals surface area contributed by atoms with Crippen molar-refractivity contribution in [3.8, 4) is 6.07 Å². The van der Waals surface area contributed by atoms with Crippen LogP contribution in [-0.2, 0) is 6.18 Å². The number of hydrogen-bond donors (Lipinski definition) is 1. The van der Waals surface area contributed by atoms with Crippen LogP contribution >= 0.6 is 0 Å². The molecule has 0 fully saturated rings. The molecule has 108 valence electrons. The van der Waals surface area contributed by atoms with Gasteiger partial charge in [0.2, 0.25) is 0 Å². The monoisotopic (exact) mass is 290 g/mol. The molecule has 0 aliphatic rings. The highest BCUT2D eigenvalue weighted by atomic mass is 19.4. The fourth-order valence-electron chi connectivity index (χ4n) is 1.95. The zero-order valence-corrected chi connectivity index (χ0v) is 11.5. The first-order valence-corrected chi connectivity index (χ1v) is 6.27. The summed E-state index contributed by atoms with van der Waals surface area (Å²) in [5.41, 5.74) is 2.11. The number of nitrogens with zero attached hydrogens (tertiary/aromatic N) is 1. The first-order valence-electron chi connectivity index (χ1n) is 6.27. The Hall–Kier alpha value is -2.48. The van der Waals surface area contributed by atoms with E-state index in [0.29, 0.717) is 5.69 Å². The Labute approximate surface area is 120 Å². The van der Waals surface area contributed by atoms with Crippen molar-refractivity contribution in [1.29, 1.82) is 5.26 Å². The first kappa shape index (κ1) is 14.9. The van der Waals surface area contributed by atoms with Crippen LogP contribution in [0, 0.1) is 25.2 Å². The molecular formula is C16H13F3N2. The van der Waals surface area contributed by atoms with E-state index in [1.54, 1.807) is 6.07 Å². The Morgan fingerprint density at radius 2 is 1.57 bits per heavy atom. The second-order valence-electron chi connectivity index (χ2n) is 4.79. The number of nitriles is 1. The molecule has 0 heterocycles. The van der Waals surface area contributed by atoms with Crippen LogP contribution in [0.2, 0.25) is 0 Å². The average molecular weight is 290 g/mol. The molecule has 5 heteroatoms. The number of nitrogens with one attached hydrogen (secondary N) is 1. The van der Waals surface area contributed by atoms with Crippen molar-refractivity contribution in [2.24, 2.45) is 0 Å². The van der Waals surface area contributed by atoms with Crippen molar-refractivity contribution in [3.63, 3.8) is 0 Å². The summed E-state index contributed by atoms with van der Waals surface area (Å²) in [5.74, 6) is 0. The van der Waals surface area contributed by atoms with Crippen molar-refractivity contribution in [2.45, 2.75) is 20.0 Å². The van der Waals surface area contributed by atoms with Gasteiger partial charge in [-0.1, -0.05) is 6.07 Å². The summed E-state index contributed by atoms with van der Waals surface area (Å²) in [6, 6.07) is 10.7. The number of benzene rings is 2. The number of aryl methyl sites for hydroxylation is 2. The summed E-state index contributed by atoms with van der Waals surface area (Å²) < 4.78 is 38.2. The maximum absolute atomic E-state index is 12.7. The summed E-state index contributed by atoms with van der Waals surface area (Å²) in [7, 11) is 0. The van der Waals surface area contributed by atoms with E-state index in [4.69, 9.17) is 5.26 Å². The zero-order chi connectivity index (χ0) is 15.6. The number of hydrogen-bond acceptors (Lipinski definition) is 2. The molecule has 0 aliphatic heterocycles. The van der Waals surface area contributed by atoms with E-state index in [9.17, 15) is 13.2 Å². The van der Waals surface area contributed by atoms with Crippen molar-refractivity contribution < 1.29 is 13.2 Å². The van der Waals surface area contributed by atoms with Gasteiger partial charge in [-0.05, 0) is 55.3 Å². The van der Waals surface area contributed by atoms with Gasteiger partial charge in [-0.3, -0.25) is 0 Å². The van der Waals surface area contributed by atoms with Crippen LogP contribution in [0.15, 0.2) is 36.4 Å². The van der Waals surface area contributed by atoms with E-state index in [1.165, 1.54) is 12.1 Å². The predicted octanol–water partition coefficient (Wildman–Crippen LogP) is 4.94. The fraction of sp³-hybridized carbons (Fsp3) is 0.188. The van der Waals surface area contributed by atoms with Crippen molar-refractivity contribution in [2.75, 3.05) is 5.32 Å². The Kier molecular flexibility index (Phi) is 3.90.